The molecule has 0 spiro atoms. The molecule has 0 unspecified atom stereocenters. The van der Waals surface area contributed by atoms with Gasteiger partial charge in [0.05, 0.1) is 17.6 Å². The Labute approximate surface area is 187 Å². The van der Waals surface area contributed by atoms with Crippen LogP contribution in [0.2, 0.25) is 0 Å². The molecule has 5 nitrogen and oxygen atoms in total. The highest BCUT2D eigenvalue weighted by Gasteiger charge is 2.31. The van der Waals surface area contributed by atoms with Gasteiger partial charge in [0.15, 0.2) is 5.75 Å². The van der Waals surface area contributed by atoms with Crippen LogP contribution in [0.15, 0.2) is 41.3 Å². The maximum absolute atomic E-state index is 12.5. The number of sulfonamides is 1. The number of hydrogen-bond acceptors (Lipinski definition) is 4. The van der Waals surface area contributed by atoms with E-state index in [2.05, 4.69) is 22.6 Å². The van der Waals surface area contributed by atoms with Crippen molar-refractivity contribution in [1.82, 2.24) is 4.72 Å². The summed E-state index contributed by atoms with van der Waals surface area (Å²) in [6.45, 7) is 0. The van der Waals surface area contributed by atoms with Crippen LogP contribution in [0.5, 0.6) is 5.75 Å². The van der Waals surface area contributed by atoms with Gasteiger partial charge in [0, 0.05) is 3.57 Å². The molecule has 2 aromatic rings. The summed E-state index contributed by atoms with van der Waals surface area (Å²) in [5, 5.41) is 0. The summed E-state index contributed by atoms with van der Waals surface area (Å²) in [6.07, 6.45) is -5.85. The predicted molar refractivity (Wildman–Crippen MR) is 112 cm³/mol. The third-order valence-electron chi connectivity index (χ3n) is 2.87. The van der Waals surface area contributed by atoms with Gasteiger partial charge in [-0.3, -0.25) is 0 Å². The van der Waals surface area contributed by atoms with Crippen molar-refractivity contribution >= 4 is 83.9 Å². The van der Waals surface area contributed by atoms with E-state index >= 15 is 0 Å². The van der Waals surface area contributed by atoms with Gasteiger partial charge in [-0.25, -0.2) is 17.9 Å². The number of alkyl halides is 3. The molecule has 0 aromatic heterocycles. The molecule has 1 amide bonds. The number of nitrogens with one attached hydrogen (secondary N) is 1. The molecular formula is C14H7F3I3NO4S. The minimum Gasteiger partial charge on any atom is -0.407 e. The molecule has 2 rings (SSSR count). The lowest BCUT2D eigenvalue weighted by Gasteiger charge is -2.11. The highest BCUT2D eigenvalue weighted by Crippen LogP contribution is 2.31. The van der Waals surface area contributed by atoms with E-state index in [0.29, 0.717) is 19.3 Å². The van der Waals surface area contributed by atoms with Gasteiger partial charge in [-0.05, 0) is 104 Å². The minimum absolute atomic E-state index is 0.187. The van der Waals surface area contributed by atoms with Crippen molar-refractivity contribution in [1.29, 1.82) is 0 Å². The molecule has 1 N–H and O–H groups in total. The molecule has 0 fully saturated rings. The maximum atomic E-state index is 12.5. The molecule has 0 bridgehead atoms. The van der Waals surface area contributed by atoms with Crippen LogP contribution in [0.3, 0.4) is 0 Å². The van der Waals surface area contributed by atoms with Crippen molar-refractivity contribution in [3.63, 3.8) is 0 Å². The zero-order valence-electron chi connectivity index (χ0n) is 12.3. The number of amides is 1. The molecule has 140 valence electrons. The first-order valence-electron chi connectivity index (χ1n) is 6.46. The fourth-order valence-corrected chi connectivity index (χ4v) is 6.41. The number of benzene rings is 2. The van der Waals surface area contributed by atoms with Gasteiger partial charge in [-0.2, -0.15) is 13.2 Å². The predicted octanol–water partition coefficient (Wildman–Crippen LogP) is 5.00. The molecule has 0 saturated carbocycles. The zero-order valence-corrected chi connectivity index (χ0v) is 19.6. The molecule has 0 radical (unpaired) electrons. The second-order valence-electron chi connectivity index (χ2n) is 4.72. The van der Waals surface area contributed by atoms with Crippen LogP contribution in [-0.4, -0.2) is 14.5 Å². The summed E-state index contributed by atoms with van der Waals surface area (Å²) < 4.78 is 70.6. The zero-order chi connectivity index (χ0) is 19.7. The third-order valence-corrected chi connectivity index (χ3v) is 6.42. The number of carbonyl (C=O) groups is 1. The Bertz CT molecular complexity index is 924. The van der Waals surface area contributed by atoms with Gasteiger partial charge >= 0.3 is 12.3 Å². The van der Waals surface area contributed by atoms with E-state index < -0.39 is 32.8 Å². The van der Waals surface area contributed by atoms with E-state index in [1.807, 2.05) is 45.2 Å². The first kappa shape index (κ1) is 21.9. The molecule has 0 aliphatic heterocycles. The SMILES string of the molecule is O=C(NS(=O)(=O)c1ccc(C(F)(F)F)cc1)Oc1c(I)cc(I)cc1I. The largest absolute Gasteiger partial charge is 0.426 e. The minimum atomic E-state index is -4.59. The van der Waals surface area contributed by atoms with Gasteiger partial charge in [0.2, 0.25) is 0 Å². The molecule has 0 aliphatic rings. The van der Waals surface area contributed by atoms with Gasteiger partial charge in [0.1, 0.15) is 0 Å². The third kappa shape index (κ3) is 5.57. The Morgan fingerprint density at radius 3 is 1.96 bits per heavy atom. The second kappa shape index (κ2) is 8.34. The Morgan fingerprint density at radius 1 is 1.00 bits per heavy atom. The molecule has 26 heavy (non-hydrogen) atoms. The summed E-state index contributed by atoms with van der Waals surface area (Å²) in [5.41, 5.74) is -0.998. The van der Waals surface area contributed by atoms with E-state index in [1.165, 1.54) is 0 Å². The molecule has 0 aliphatic carbocycles. The number of rotatable bonds is 3. The fourth-order valence-electron chi connectivity index (χ4n) is 1.73. The van der Waals surface area contributed by atoms with E-state index in [0.717, 1.165) is 15.7 Å². The van der Waals surface area contributed by atoms with Crippen LogP contribution in [0.1, 0.15) is 5.56 Å². The summed E-state index contributed by atoms with van der Waals surface area (Å²) in [6, 6.07) is 6.22. The van der Waals surface area contributed by atoms with Crippen molar-refractivity contribution in [2.24, 2.45) is 0 Å². The fraction of sp³-hybridized carbons (Fsp3) is 0.0714. The first-order chi connectivity index (χ1) is 11.9. The van der Waals surface area contributed by atoms with Crippen LogP contribution in [0.25, 0.3) is 0 Å². The van der Waals surface area contributed by atoms with Gasteiger partial charge in [-0.15, -0.1) is 0 Å². The summed E-state index contributed by atoms with van der Waals surface area (Å²) >= 11 is 5.95. The molecule has 0 atom stereocenters. The topological polar surface area (TPSA) is 72.5 Å². The van der Waals surface area contributed by atoms with Crippen LogP contribution >= 0.6 is 67.8 Å². The van der Waals surface area contributed by atoms with E-state index in [4.69, 9.17) is 4.74 Å². The van der Waals surface area contributed by atoms with E-state index in [-0.39, 0.29) is 5.75 Å². The van der Waals surface area contributed by atoms with Crippen molar-refractivity contribution in [3.05, 3.63) is 52.7 Å². The molecule has 0 saturated heterocycles. The lowest BCUT2D eigenvalue weighted by molar-refractivity contribution is -0.137. The quantitative estimate of drug-likeness (QED) is 0.454. The van der Waals surface area contributed by atoms with Gasteiger partial charge in [-0.1, -0.05) is 0 Å². The molecule has 12 heteroatoms. The first-order valence-corrected chi connectivity index (χ1v) is 11.2. The van der Waals surface area contributed by atoms with Crippen LogP contribution < -0.4 is 9.46 Å². The Morgan fingerprint density at radius 2 is 1.50 bits per heavy atom. The number of hydrogen-bond donors (Lipinski definition) is 1. The molecule has 2 aromatic carbocycles. The molecular weight excluding hydrogens is 716 g/mol. The average molecular weight is 723 g/mol. The van der Waals surface area contributed by atoms with Crippen molar-refractivity contribution in [2.45, 2.75) is 11.1 Å². The lowest BCUT2D eigenvalue weighted by Crippen LogP contribution is -2.33. The maximum Gasteiger partial charge on any atom is 0.426 e. The van der Waals surface area contributed by atoms with E-state index in [1.54, 1.807) is 16.9 Å². The summed E-state index contributed by atoms with van der Waals surface area (Å²) in [7, 11) is -4.37. The highest BCUT2D eigenvalue weighted by molar-refractivity contribution is 14.1. The number of ether oxygens (including phenoxy) is 1. The number of carbonyl (C=O) groups excluding carboxylic acids is 1. The van der Waals surface area contributed by atoms with Crippen LogP contribution in [0.4, 0.5) is 18.0 Å². The Balaban J connectivity index is 2.18. The van der Waals surface area contributed by atoms with Crippen molar-refractivity contribution in [3.8, 4) is 5.75 Å². The normalized spacial score (nSPS) is 11.9. The smallest absolute Gasteiger partial charge is 0.407 e. The van der Waals surface area contributed by atoms with Crippen molar-refractivity contribution in [2.75, 3.05) is 0 Å². The Kier molecular flexibility index (Phi) is 7.03. The van der Waals surface area contributed by atoms with Crippen LogP contribution in [0, 0.1) is 10.7 Å². The van der Waals surface area contributed by atoms with Crippen molar-refractivity contribution < 1.29 is 31.1 Å². The van der Waals surface area contributed by atoms with Crippen LogP contribution in [-0.2, 0) is 16.2 Å². The Hall–Kier alpha value is -0.360. The summed E-state index contributed by atoms with van der Waals surface area (Å²) in [5.74, 6) is 0.187. The highest BCUT2D eigenvalue weighted by atomic mass is 127. The molecule has 0 heterocycles. The lowest BCUT2D eigenvalue weighted by atomic mass is 10.2. The van der Waals surface area contributed by atoms with E-state index in [9.17, 15) is 26.4 Å². The number of halogens is 6. The second-order valence-corrected chi connectivity index (χ2v) is 9.97. The van der Waals surface area contributed by atoms with Gasteiger partial charge in [0.25, 0.3) is 10.0 Å². The monoisotopic (exact) mass is 723 g/mol. The standard InChI is InChI=1S/C14H7F3I3NO4S/c15-14(16,17)7-1-3-9(4-2-7)26(23,24)21-13(22)25-12-10(19)5-8(18)6-11(12)20/h1-6H,(H,21,22). The van der Waals surface area contributed by atoms with Gasteiger partial charge < -0.3 is 4.74 Å². The summed E-state index contributed by atoms with van der Waals surface area (Å²) in [4.78, 5) is 11.4. The average Bonchev–Trinajstić information content (AvgIpc) is 2.49.